The first-order valence-electron chi connectivity index (χ1n) is 4.29. The maximum atomic E-state index is 12.5. The standard InChI is InChI=1S/C9H13F3O2S/c1-4-14-8(13)5-7(6(2)15-3)9(10,11)12/h4-5H2,1-3H3. The average molecular weight is 242 g/mol. The number of allylic oxidation sites excluding steroid dienone is 1. The molecule has 0 aromatic carbocycles. The van der Waals surface area contributed by atoms with E-state index in [1.54, 1.807) is 6.92 Å². The van der Waals surface area contributed by atoms with Crippen molar-refractivity contribution in [2.24, 2.45) is 0 Å². The monoisotopic (exact) mass is 242 g/mol. The maximum absolute atomic E-state index is 12.5. The largest absolute Gasteiger partial charge is 0.466 e. The van der Waals surface area contributed by atoms with E-state index in [1.165, 1.54) is 13.2 Å². The molecule has 6 heteroatoms. The second-order valence-corrected chi connectivity index (χ2v) is 3.74. The zero-order chi connectivity index (χ0) is 12.1. The third-order valence-electron chi connectivity index (χ3n) is 1.70. The molecule has 0 saturated heterocycles. The molecule has 15 heavy (non-hydrogen) atoms. The van der Waals surface area contributed by atoms with E-state index in [0.29, 0.717) is 0 Å². The van der Waals surface area contributed by atoms with Gasteiger partial charge in [-0.2, -0.15) is 13.2 Å². The van der Waals surface area contributed by atoms with Crippen LogP contribution in [-0.2, 0) is 9.53 Å². The van der Waals surface area contributed by atoms with Crippen molar-refractivity contribution in [3.63, 3.8) is 0 Å². The van der Waals surface area contributed by atoms with Gasteiger partial charge >= 0.3 is 12.1 Å². The first-order chi connectivity index (χ1) is 6.82. The van der Waals surface area contributed by atoms with Gasteiger partial charge in [-0.1, -0.05) is 0 Å². The lowest BCUT2D eigenvalue weighted by atomic mass is 10.2. The molecule has 0 aromatic rings. The number of hydrogen-bond acceptors (Lipinski definition) is 3. The van der Waals surface area contributed by atoms with Gasteiger partial charge in [0.05, 0.1) is 18.6 Å². The minimum absolute atomic E-state index is 0.0856. The predicted octanol–water partition coefficient (Wildman–Crippen LogP) is 3.14. The van der Waals surface area contributed by atoms with Crippen LogP contribution in [0.1, 0.15) is 20.3 Å². The molecule has 0 aliphatic heterocycles. The van der Waals surface area contributed by atoms with Crippen LogP contribution in [0, 0.1) is 0 Å². The Hall–Kier alpha value is -0.650. The van der Waals surface area contributed by atoms with E-state index in [-0.39, 0.29) is 11.5 Å². The smallest absolute Gasteiger partial charge is 0.414 e. The molecule has 0 N–H and O–H groups in total. The highest BCUT2D eigenvalue weighted by atomic mass is 32.2. The Bertz CT molecular complexity index is 259. The average Bonchev–Trinajstić information content (AvgIpc) is 2.12. The lowest BCUT2D eigenvalue weighted by Crippen LogP contribution is -2.18. The van der Waals surface area contributed by atoms with Gasteiger partial charge in [0.15, 0.2) is 0 Å². The van der Waals surface area contributed by atoms with Crippen LogP contribution in [0.25, 0.3) is 0 Å². The minimum Gasteiger partial charge on any atom is -0.466 e. The molecular formula is C9H13F3O2S. The van der Waals surface area contributed by atoms with Crippen LogP contribution in [0.5, 0.6) is 0 Å². The molecule has 0 spiro atoms. The van der Waals surface area contributed by atoms with E-state index in [4.69, 9.17) is 0 Å². The van der Waals surface area contributed by atoms with Crippen molar-refractivity contribution in [3.8, 4) is 0 Å². The zero-order valence-electron chi connectivity index (χ0n) is 8.77. The Balaban J connectivity index is 4.77. The summed E-state index contributed by atoms with van der Waals surface area (Å²) in [6, 6.07) is 0. The first kappa shape index (κ1) is 14.3. The summed E-state index contributed by atoms with van der Waals surface area (Å²) in [7, 11) is 0. The number of esters is 1. The number of ether oxygens (including phenoxy) is 1. The molecule has 88 valence electrons. The molecule has 0 heterocycles. The van der Waals surface area contributed by atoms with Gasteiger partial charge in [-0.25, -0.2) is 0 Å². The lowest BCUT2D eigenvalue weighted by Gasteiger charge is -2.13. The van der Waals surface area contributed by atoms with Gasteiger partial charge in [-0.15, -0.1) is 11.8 Å². The van der Waals surface area contributed by atoms with Crippen LogP contribution < -0.4 is 0 Å². The van der Waals surface area contributed by atoms with Gasteiger partial charge in [-0.05, 0) is 25.0 Å². The van der Waals surface area contributed by atoms with Crippen molar-refractivity contribution in [1.82, 2.24) is 0 Å². The van der Waals surface area contributed by atoms with E-state index in [0.717, 1.165) is 11.8 Å². The van der Waals surface area contributed by atoms with Gasteiger partial charge in [0, 0.05) is 0 Å². The fourth-order valence-electron chi connectivity index (χ4n) is 0.904. The van der Waals surface area contributed by atoms with Crippen molar-refractivity contribution in [2.75, 3.05) is 12.9 Å². The summed E-state index contributed by atoms with van der Waals surface area (Å²) < 4.78 is 41.9. The third-order valence-corrected chi connectivity index (χ3v) is 2.56. The second kappa shape index (κ2) is 6.05. The highest BCUT2D eigenvalue weighted by Crippen LogP contribution is 2.34. The molecule has 0 rings (SSSR count). The van der Waals surface area contributed by atoms with E-state index in [1.807, 2.05) is 0 Å². The van der Waals surface area contributed by atoms with Crippen molar-refractivity contribution in [3.05, 3.63) is 10.5 Å². The molecule has 0 bridgehead atoms. The topological polar surface area (TPSA) is 26.3 Å². The van der Waals surface area contributed by atoms with Crippen molar-refractivity contribution >= 4 is 17.7 Å². The number of thioether (sulfide) groups is 1. The molecule has 2 nitrogen and oxygen atoms in total. The molecule has 0 atom stereocenters. The Morgan fingerprint density at radius 2 is 1.93 bits per heavy atom. The van der Waals surface area contributed by atoms with E-state index in [9.17, 15) is 18.0 Å². The minimum atomic E-state index is -4.47. The van der Waals surface area contributed by atoms with Crippen LogP contribution in [0.2, 0.25) is 0 Å². The van der Waals surface area contributed by atoms with Crippen molar-refractivity contribution < 1.29 is 22.7 Å². The van der Waals surface area contributed by atoms with Gasteiger partial charge < -0.3 is 4.74 Å². The molecule has 0 aliphatic carbocycles. The quantitative estimate of drug-likeness (QED) is 0.708. The first-order valence-corrected chi connectivity index (χ1v) is 5.52. The van der Waals surface area contributed by atoms with Crippen LogP contribution in [0.15, 0.2) is 10.5 Å². The normalized spacial score (nSPS) is 13.5. The Kier molecular flexibility index (Phi) is 5.79. The summed E-state index contributed by atoms with van der Waals surface area (Å²) in [5, 5.41) is 0. The van der Waals surface area contributed by atoms with E-state index < -0.39 is 24.1 Å². The molecule has 0 saturated carbocycles. The molecule has 0 aromatic heterocycles. The highest BCUT2D eigenvalue weighted by molar-refractivity contribution is 8.02. The summed E-state index contributed by atoms with van der Waals surface area (Å²) in [4.78, 5) is 11.0. The third kappa shape index (κ3) is 5.11. The summed E-state index contributed by atoms with van der Waals surface area (Å²) in [6.45, 7) is 2.98. The number of carbonyl (C=O) groups excluding carboxylic acids is 1. The number of halogens is 3. The summed E-state index contributed by atoms with van der Waals surface area (Å²) >= 11 is 0.972. The summed E-state index contributed by atoms with van der Waals surface area (Å²) in [5.74, 6) is -0.849. The van der Waals surface area contributed by atoms with Crippen LogP contribution in [-0.4, -0.2) is 25.0 Å². The summed E-state index contributed by atoms with van der Waals surface area (Å²) in [6.07, 6.45) is -3.66. The van der Waals surface area contributed by atoms with Crippen LogP contribution in [0.4, 0.5) is 13.2 Å². The molecule has 0 radical (unpaired) electrons. The Labute approximate surface area is 90.9 Å². The fourth-order valence-corrected chi connectivity index (χ4v) is 1.34. The molecule has 0 fully saturated rings. The molecule has 0 unspecified atom stereocenters. The lowest BCUT2D eigenvalue weighted by molar-refractivity contribution is -0.145. The molecular weight excluding hydrogens is 229 g/mol. The van der Waals surface area contributed by atoms with Crippen molar-refractivity contribution in [2.45, 2.75) is 26.4 Å². The maximum Gasteiger partial charge on any atom is 0.414 e. The SMILES string of the molecule is CCOC(=O)CC(=C(C)SC)C(F)(F)F. The fraction of sp³-hybridized carbons (Fsp3) is 0.667. The summed E-state index contributed by atoms with van der Waals surface area (Å²) in [5.41, 5.74) is -0.826. The molecule has 0 amide bonds. The Morgan fingerprint density at radius 3 is 2.27 bits per heavy atom. The van der Waals surface area contributed by atoms with Gasteiger partial charge in [-0.3, -0.25) is 4.79 Å². The highest BCUT2D eigenvalue weighted by Gasteiger charge is 2.36. The van der Waals surface area contributed by atoms with Gasteiger partial charge in [0.2, 0.25) is 0 Å². The molecule has 0 aliphatic rings. The predicted molar refractivity (Wildman–Crippen MR) is 53.5 cm³/mol. The van der Waals surface area contributed by atoms with Crippen LogP contribution >= 0.6 is 11.8 Å². The van der Waals surface area contributed by atoms with Crippen molar-refractivity contribution in [1.29, 1.82) is 0 Å². The van der Waals surface area contributed by atoms with Gasteiger partial charge in [0.25, 0.3) is 0 Å². The van der Waals surface area contributed by atoms with E-state index in [2.05, 4.69) is 4.74 Å². The second-order valence-electron chi connectivity index (χ2n) is 2.72. The number of hydrogen-bond donors (Lipinski definition) is 0. The van der Waals surface area contributed by atoms with Gasteiger partial charge in [0.1, 0.15) is 0 Å². The number of rotatable bonds is 4. The van der Waals surface area contributed by atoms with Crippen LogP contribution in [0.3, 0.4) is 0 Å². The number of carbonyl (C=O) groups is 1. The zero-order valence-corrected chi connectivity index (χ0v) is 9.59. The van der Waals surface area contributed by atoms with E-state index >= 15 is 0 Å². The Morgan fingerprint density at radius 1 is 1.40 bits per heavy atom. The number of alkyl halides is 3.